The number of anilines is 1. The zero-order chi connectivity index (χ0) is 19.5. The van der Waals surface area contributed by atoms with E-state index < -0.39 is 0 Å². The Morgan fingerprint density at radius 3 is 2.21 bits per heavy atom. The van der Waals surface area contributed by atoms with Gasteiger partial charge in [0.25, 0.3) is 0 Å². The van der Waals surface area contributed by atoms with E-state index in [9.17, 15) is 10.1 Å². The van der Waals surface area contributed by atoms with Crippen molar-refractivity contribution in [2.45, 2.75) is 6.42 Å². The topological polar surface area (TPSA) is 87.9 Å². The molecule has 0 aromatic carbocycles. The minimum atomic E-state index is -0.279. The molecule has 1 radical (unpaired) electrons. The van der Waals surface area contributed by atoms with Crippen molar-refractivity contribution < 1.29 is 9.66 Å². The summed E-state index contributed by atoms with van der Waals surface area (Å²) in [5.41, 5.74) is 2.27. The van der Waals surface area contributed by atoms with Crippen molar-refractivity contribution in [1.29, 1.82) is 0 Å². The van der Waals surface area contributed by atoms with Crippen molar-refractivity contribution in [2.24, 2.45) is 0 Å². The molecule has 0 spiro atoms. The van der Waals surface area contributed by atoms with Gasteiger partial charge in [-0.15, -0.1) is 0 Å². The van der Waals surface area contributed by atoms with Crippen LogP contribution < -0.4 is 4.90 Å². The molecule has 0 N–H and O–H groups in total. The molecule has 28 heavy (non-hydrogen) atoms. The minimum absolute atomic E-state index is 0.241. The molecule has 1 aromatic rings. The Morgan fingerprint density at radius 1 is 0.964 bits per heavy atom. The fraction of sp³-hybridized carbons (Fsp3) is 0.500. The lowest BCUT2D eigenvalue weighted by atomic mass is 10.0. The lowest BCUT2D eigenvalue weighted by Crippen LogP contribution is -2.48. The molecule has 149 valence electrons. The van der Waals surface area contributed by atoms with Gasteiger partial charge in [-0.3, -0.25) is 10.1 Å². The van der Waals surface area contributed by atoms with Crippen LogP contribution in [0.15, 0.2) is 40.0 Å². The monoisotopic (exact) mass is 449 g/mol. The van der Waals surface area contributed by atoms with Crippen LogP contribution in [0.3, 0.4) is 0 Å². The van der Waals surface area contributed by atoms with Crippen molar-refractivity contribution in [3.63, 3.8) is 0 Å². The molecule has 3 aliphatic rings. The maximum Gasteiger partial charge on any atom is 0.249 e. The zero-order valence-corrected chi connectivity index (χ0v) is 17.0. The second-order valence-electron chi connectivity index (χ2n) is 6.85. The van der Waals surface area contributed by atoms with Crippen molar-refractivity contribution in [2.75, 3.05) is 57.4 Å². The molecular formula is C18H22BrN6O3. The lowest BCUT2D eigenvalue weighted by Gasteiger charge is -2.40. The van der Waals surface area contributed by atoms with Crippen LogP contribution in [0, 0.1) is 16.5 Å². The highest BCUT2D eigenvalue weighted by molar-refractivity contribution is 9.10. The van der Waals surface area contributed by atoms with Crippen LogP contribution in [0.1, 0.15) is 6.42 Å². The molecular weight excluding hydrogens is 428 g/mol. The molecule has 4 rings (SSSR count). The number of morpholine rings is 1. The normalized spacial score (nSPS) is 21.0. The van der Waals surface area contributed by atoms with Crippen LogP contribution in [-0.4, -0.2) is 77.2 Å². The number of hydrogen-bond donors (Lipinski definition) is 0. The first-order valence-electron chi connectivity index (χ1n) is 9.34. The largest absolute Gasteiger partial charge is 0.378 e. The predicted octanol–water partition coefficient (Wildman–Crippen LogP) is 1.67. The average Bonchev–Trinajstić information content (AvgIpc) is 2.74. The smallest absolute Gasteiger partial charge is 0.249 e. The van der Waals surface area contributed by atoms with E-state index in [1.807, 2.05) is 6.42 Å². The Hall–Kier alpha value is -2.20. The number of nitro groups is 1. The van der Waals surface area contributed by atoms with Gasteiger partial charge in [0.05, 0.1) is 28.3 Å². The van der Waals surface area contributed by atoms with Gasteiger partial charge < -0.3 is 19.4 Å². The summed E-state index contributed by atoms with van der Waals surface area (Å²) in [5, 5.41) is 11.3. The number of aromatic nitrogens is 2. The van der Waals surface area contributed by atoms with E-state index in [0.717, 1.165) is 55.1 Å². The molecule has 0 unspecified atom stereocenters. The van der Waals surface area contributed by atoms with E-state index in [4.69, 9.17) is 4.74 Å². The fourth-order valence-electron chi connectivity index (χ4n) is 3.69. The van der Waals surface area contributed by atoms with E-state index in [2.05, 4.69) is 40.6 Å². The van der Waals surface area contributed by atoms with Crippen molar-refractivity contribution >= 4 is 21.9 Å². The van der Waals surface area contributed by atoms with Gasteiger partial charge in [-0.2, -0.15) is 0 Å². The molecule has 0 atom stereocenters. The number of halogens is 1. The molecule has 2 saturated heterocycles. The molecule has 9 nitrogen and oxygen atoms in total. The third kappa shape index (κ3) is 4.12. The maximum atomic E-state index is 11.3. The number of ether oxygens (including phenoxy) is 1. The van der Waals surface area contributed by atoms with Crippen LogP contribution in [0.4, 0.5) is 5.95 Å². The van der Waals surface area contributed by atoms with Crippen LogP contribution in [0.25, 0.3) is 0 Å². The SMILES string of the molecule is O=[N+]([O-])C1=CC(N2CCN(c3ncc(Br)cn3)CC2)=C(N2CCOCC2)[CH]C1. The van der Waals surface area contributed by atoms with E-state index in [1.165, 1.54) is 0 Å². The first-order valence-corrected chi connectivity index (χ1v) is 10.1. The molecule has 1 aromatic heterocycles. The number of allylic oxidation sites excluding steroid dienone is 3. The summed E-state index contributed by atoms with van der Waals surface area (Å²) in [6.45, 7) is 6.05. The highest BCUT2D eigenvalue weighted by Gasteiger charge is 2.30. The van der Waals surface area contributed by atoms with Crippen LogP contribution >= 0.6 is 15.9 Å². The highest BCUT2D eigenvalue weighted by Crippen LogP contribution is 2.30. The highest BCUT2D eigenvalue weighted by atomic mass is 79.9. The Labute approximate surface area is 171 Å². The van der Waals surface area contributed by atoms with Gasteiger partial charge in [-0.05, 0) is 15.9 Å². The molecule has 2 fully saturated rings. The second kappa shape index (κ2) is 8.44. The van der Waals surface area contributed by atoms with E-state index in [0.29, 0.717) is 25.6 Å². The van der Waals surface area contributed by atoms with Crippen molar-refractivity contribution in [3.05, 3.63) is 56.6 Å². The Morgan fingerprint density at radius 2 is 1.57 bits per heavy atom. The van der Waals surface area contributed by atoms with Crippen molar-refractivity contribution in [1.82, 2.24) is 19.8 Å². The summed E-state index contributed by atoms with van der Waals surface area (Å²) in [5.74, 6) is 0.710. The van der Waals surface area contributed by atoms with E-state index in [-0.39, 0.29) is 10.6 Å². The van der Waals surface area contributed by atoms with Crippen molar-refractivity contribution in [3.8, 4) is 0 Å². The molecule has 3 heterocycles. The summed E-state index contributed by atoms with van der Waals surface area (Å²) in [6.07, 6.45) is 7.58. The quantitative estimate of drug-likeness (QED) is 0.506. The predicted molar refractivity (Wildman–Crippen MR) is 107 cm³/mol. The van der Waals surface area contributed by atoms with Gasteiger partial charge in [0, 0.05) is 76.3 Å². The zero-order valence-electron chi connectivity index (χ0n) is 15.5. The molecule has 0 amide bonds. The lowest BCUT2D eigenvalue weighted by molar-refractivity contribution is -0.427. The molecule has 0 bridgehead atoms. The summed E-state index contributed by atoms with van der Waals surface area (Å²) in [7, 11) is 0. The first-order chi connectivity index (χ1) is 13.6. The van der Waals surface area contributed by atoms with Gasteiger partial charge in [0.1, 0.15) is 0 Å². The van der Waals surface area contributed by atoms with Crippen LogP contribution in [-0.2, 0) is 4.74 Å². The molecule has 1 aliphatic carbocycles. The van der Waals surface area contributed by atoms with E-state index >= 15 is 0 Å². The summed E-state index contributed by atoms with van der Waals surface area (Å²) in [6, 6.07) is 0. The van der Waals surface area contributed by atoms with Gasteiger partial charge >= 0.3 is 0 Å². The number of nitrogens with zero attached hydrogens (tertiary/aromatic N) is 6. The number of rotatable bonds is 4. The van der Waals surface area contributed by atoms with Crippen LogP contribution in [0.5, 0.6) is 0 Å². The summed E-state index contributed by atoms with van der Waals surface area (Å²) in [4.78, 5) is 26.5. The molecule has 10 heteroatoms. The molecule has 0 saturated carbocycles. The van der Waals surface area contributed by atoms with Gasteiger partial charge in [0.2, 0.25) is 11.6 Å². The Bertz CT molecular complexity index is 783. The summed E-state index contributed by atoms with van der Waals surface area (Å²) >= 11 is 3.36. The van der Waals surface area contributed by atoms with Gasteiger partial charge in [-0.25, -0.2) is 9.97 Å². The Kier molecular flexibility index (Phi) is 5.77. The second-order valence-corrected chi connectivity index (χ2v) is 7.76. The average molecular weight is 450 g/mol. The number of hydrogen-bond acceptors (Lipinski definition) is 8. The van der Waals surface area contributed by atoms with Gasteiger partial charge in [0.15, 0.2) is 0 Å². The first kappa shape index (κ1) is 19.1. The standard InChI is InChI=1S/C18H22BrN6O3/c19-14-12-20-18(21-13-14)24-5-3-22(4-6-24)17-11-15(25(26)27)1-2-16(17)23-7-9-28-10-8-23/h2,11-13H,1,3-10H2. The minimum Gasteiger partial charge on any atom is -0.378 e. The maximum absolute atomic E-state index is 11.3. The third-order valence-electron chi connectivity index (χ3n) is 5.17. The Balaban J connectivity index is 1.53. The fourth-order valence-corrected chi connectivity index (χ4v) is 3.89. The third-order valence-corrected chi connectivity index (χ3v) is 5.58. The van der Waals surface area contributed by atoms with E-state index in [1.54, 1.807) is 18.5 Å². The molecule has 2 aliphatic heterocycles. The number of piperazine rings is 1. The van der Waals surface area contributed by atoms with Crippen LogP contribution in [0.2, 0.25) is 0 Å². The van der Waals surface area contributed by atoms with Gasteiger partial charge in [-0.1, -0.05) is 0 Å². The summed E-state index contributed by atoms with van der Waals surface area (Å²) < 4.78 is 6.31.